The summed E-state index contributed by atoms with van der Waals surface area (Å²) in [6, 6.07) is 13.6. The van der Waals surface area contributed by atoms with Gasteiger partial charge in [0.1, 0.15) is 17.6 Å². The molecule has 2 aromatic rings. The van der Waals surface area contributed by atoms with Crippen molar-refractivity contribution < 1.29 is 33.3 Å². The van der Waals surface area contributed by atoms with Crippen molar-refractivity contribution in [3.05, 3.63) is 77.9 Å². The zero-order valence-corrected chi connectivity index (χ0v) is 19.9. The van der Waals surface area contributed by atoms with Gasteiger partial charge >= 0.3 is 17.9 Å². The Morgan fingerprint density at radius 1 is 1.03 bits per heavy atom. The average Bonchev–Trinajstić information content (AvgIpc) is 3.18. The van der Waals surface area contributed by atoms with E-state index in [-0.39, 0.29) is 12.1 Å². The van der Waals surface area contributed by atoms with Crippen LogP contribution >= 0.6 is 0 Å². The molecule has 3 rings (SSSR count). The molecule has 0 amide bonds. The molecule has 1 atom stereocenters. The smallest absolute Gasteiger partial charge is 0.343 e. The summed E-state index contributed by atoms with van der Waals surface area (Å²) < 4.78 is 21.2. The van der Waals surface area contributed by atoms with Crippen molar-refractivity contribution in [2.75, 3.05) is 13.2 Å². The van der Waals surface area contributed by atoms with E-state index in [0.29, 0.717) is 42.3 Å². The van der Waals surface area contributed by atoms with Gasteiger partial charge < -0.3 is 18.9 Å². The van der Waals surface area contributed by atoms with Crippen molar-refractivity contribution >= 4 is 24.0 Å². The quantitative estimate of drug-likeness (QED) is 0.177. The van der Waals surface area contributed by atoms with Crippen molar-refractivity contribution in [3.63, 3.8) is 0 Å². The molecule has 0 N–H and O–H groups in total. The number of hydrogen-bond acceptors (Lipinski definition) is 7. The molecule has 1 aliphatic rings. The second kappa shape index (κ2) is 13.1. The molecule has 7 heteroatoms. The van der Waals surface area contributed by atoms with Gasteiger partial charge in [0.05, 0.1) is 18.8 Å². The van der Waals surface area contributed by atoms with Crippen LogP contribution in [0.4, 0.5) is 0 Å². The molecule has 0 aromatic heterocycles. The molecule has 1 aliphatic heterocycles. The molecule has 184 valence electrons. The van der Waals surface area contributed by atoms with Gasteiger partial charge in [-0.25, -0.2) is 14.4 Å². The van der Waals surface area contributed by atoms with E-state index in [0.717, 1.165) is 31.2 Å². The number of carbonyl (C=O) groups is 3. The monoisotopic (exact) mass is 478 g/mol. The maximum absolute atomic E-state index is 12.4. The number of unbranched alkanes of at least 4 members (excludes halogenated alkanes) is 2. The highest BCUT2D eigenvalue weighted by molar-refractivity contribution is 5.91. The summed E-state index contributed by atoms with van der Waals surface area (Å²) in [5.41, 5.74) is 1.76. The van der Waals surface area contributed by atoms with E-state index in [2.05, 4.69) is 6.58 Å². The molecule has 0 spiro atoms. The van der Waals surface area contributed by atoms with Crippen LogP contribution in [0.2, 0.25) is 0 Å². The molecule has 0 radical (unpaired) electrons. The maximum Gasteiger partial charge on any atom is 0.343 e. The third-order valence-corrected chi connectivity index (χ3v) is 5.35. The Morgan fingerprint density at radius 2 is 1.74 bits per heavy atom. The van der Waals surface area contributed by atoms with Crippen molar-refractivity contribution in [1.82, 2.24) is 0 Å². The zero-order valence-electron chi connectivity index (χ0n) is 19.9. The number of cyclic esters (lactones) is 1. The van der Waals surface area contributed by atoms with Crippen LogP contribution < -0.4 is 9.47 Å². The number of hydrogen-bond donors (Lipinski definition) is 0. The Kier molecular flexibility index (Phi) is 9.66. The molecule has 7 nitrogen and oxygen atoms in total. The molecule has 1 saturated heterocycles. The van der Waals surface area contributed by atoms with Gasteiger partial charge in [-0.1, -0.05) is 18.7 Å². The molecule has 2 aromatic carbocycles. The predicted octanol–water partition coefficient (Wildman–Crippen LogP) is 5.29. The lowest BCUT2D eigenvalue weighted by Crippen LogP contribution is -2.08. The average molecular weight is 479 g/mol. The fourth-order valence-corrected chi connectivity index (χ4v) is 3.49. The first-order valence-electron chi connectivity index (χ1n) is 11.7. The van der Waals surface area contributed by atoms with Crippen LogP contribution in [0.5, 0.6) is 11.5 Å². The van der Waals surface area contributed by atoms with Gasteiger partial charge in [-0.2, -0.15) is 0 Å². The van der Waals surface area contributed by atoms with E-state index in [1.807, 2.05) is 0 Å². The van der Waals surface area contributed by atoms with Crippen LogP contribution in [0.25, 0.3) is 6.08 Å². The Hall–Kier alpha value is -3.87. The highest BCUT2D eigenvalue weighted by Gasteiger charge is 2.26. The van der Waals surface area contributed by atoms with Crippen molar-refractivity contribution in [3.8, 4) is 11.5 Å². The summed E-state index contributed by atoms with van der Waals surface area (Å²) in [7, 11) is 0. The molecular formula is C28H30O7. The first-order valence-corrected chi connectivity index (χ1v) is 11.7. The Bertz CT molecular complexity index is 1040. The number of ether oxygens (including phenoxy) is 4. The van der Waals surface area contributed by atoms with Gasteiger partial charge in [0.25, 0.3) is 0 Å². The van der Waals surface area contributed by atoms with Crippen LogP contribution in [0.3, 0.4) is 0 Å². The van der Waals surface area contributed by atoms with Gasteiger partial charge in [0, 0.05) is 18.1 Å². The highest BCUT2D eigenvalue weighted by atomic mass is 16.6. The van der Waals surface area contributed by atoms with Crippen LogP contribution in [-0.2, 0) is 19.1 Å². The van der Waals surface area contributed by atoms with Crippen LogP contribution in [-0.4, -0.2) is 37.2 Å². The van der Waals surface area contributed by atoms with Gasteiger partial charge in [0.15, 0.2) is 0 Å². The first kappa shape index (κ1) is 25.7. The van der Waals surface area contributed by atoms with Crippen molar-refractivity contribution in [2.45, 2.75) is 45.1 Å². The second-order valence-corrected chi connectivity index (χ2v) is 8.10. The number of benzene rings is 2. The third kappa shape index (κ3) is 8.45. The minimum atomic E-state index is -0.471. The fraction of sp³-hybridized carbons (Fsp3) is 0.321. The highest BCUT2D eigenvalue weighted by Crippen LogP contribution is 2.23. The Morgan fingerprint density at radius 3 is 2.40 bits per heavy atom. The summed E-state index contributed by atoms with van der Waals surface area (Å²) in [5.74, 6) is -0.0680. The van der Waals surface area contributed by atoms with E-state index >= 15 is 0 Å². The van der Waals surface area contributed by atoms with E-state index in [4.69, 9.17) is 18.9 Å². The van der Waals surface area contributed by atoms with Gasteiger partial charge in [0.2, 0.25) is 0 Å². The normalized spacial score (nSPS) is 15.2. The van der Waals surface area contributed by atoms with Crippen molar-refractivity contribution in [1.29, 1.82) is 0 Å². The van der Waals surface area contributed by atoms with Gasteiger partial charge in [-0.3, -0.25) is 0 Å². The maximum atomic E-state index is 12.4. The Balaban J connectivity index is 1.36. The number of esters is 3. The second-order valence-electron chi connectivity index (χ2n) is 8.10. The summed E-state index contributed by atoms with van der Waals surface area (Å²) >= 11 is 0. The molecule has 0 saturated carbocycles. The lowest BCUT2D eigenvalue weighted by molar-refractivity contribution is -0.139. The van der Waals surface area contributed by atoms with Crippen LogP contribution in [0.1, 0.15) is 54.9 Å². The number of rotatable bonds is 12. The zero-order chi connectivity index (χ0) is 25.0. The minimum Gasteiger partial charge on any atom is -0.494 e. The standard InChI is InChI=1S/C28H30O7/c1-3-32-26(29)17-10-21-8-13-24(14-9-21)34-28(31)22-11-15-23(16-12-22)33-18-6-4-5-7-25-19-20(2)27(30)35-25/h8-17,25H,2-7,18-19H2,1H3. The van der Waals surface area contributed by atoms with E-state index in [1.54, 1.807) is 61.5 Å². The molecule has 0 aliphatic carbocycles. The first-order chi connectivity index (χ1) is 16.9. The Labute approximate surface area is 205 Å². The van der Waals surface area contributed by atoms with E-state index < -0.39 is 11.9 Å². The topological polar surface area (TPSA) is 88.1 Å². The van der Waals surface area contributed by atoms with Crippen LogP contribution in [0.15, 0.2) is 66.8 Å². The summed E-state index contributed by atoms with van der Waals surface area (Å²) in [6.07, 6.45) is 7.24. The predicted molar refractivity (Wildman–Crippen MR) is 131 cm³/mol. The lowest BCUT2D eigenvalue weighted by atomic mass is 10.1. The van der Waals surface area contributed by atoms with Gasteiger partial charge in [-0.15, -0.1) is 0 Å². The largest absolute Gasteiger partial charge is 0.494 e. The van der Waals surface area contributed by atoms with E-state index in [9.17, 15) is 14.4 Å². The molecule has 0 bridgehead atoms. The summed E-state index contributed by atoms with van der Waals surface area (Å²) in [4.78, 5) is 35.1. The van der Waals surface area contributed by atoms with Gasteiger partial charge in [-0.05, 0) is 80.6 Å². The molecule has 1 unspecified atom stereocenters. The van der Waals surface area contributed by atoms with Crippen LogP contribution in [0, 0.1) is 0 Å². The molecule has 1 fully saturated rings. The third-order valence-electron chi connectivity index (χ3n) is 5.35. The molecule has 35 heavy (non-hydrogen) atoms. The summed E-state index contributed by atoms with van der Waals surface area (Å²) in [6.45, 7) is 6.33. The molecular weight excluding hydrogens is 448 g/mol. The van der Waals surface area contributed by atoms with Crippen molar-refractivity contribution in [2.24, 2.45) is 0 Å². The van der Waals surface area contributed by atoms with E-state index in [1.165, 1.54) is 6.08 Å². The molecule has 1 heterocycles. The fourth-order valence-electron chi connectivity index (χ4n) is 3.49. The number of carbonyl (C=O) groups excluding carboxylic acids is 3. The SMILES string of the molecule is C=C1CC(CCCCCOc2ccc(C(=O)Oc3ccc(C=CC(=O)OCC)cc3)cc2)OC1=O. The lowest BCUT2D eigenvalue weighted by Gasteiger charge is -2.09. The minimum absolute atomic E-state index is 0.0330. The summed E-state index contributed by atoms with van der Waals surface area (Å²) in [5, 5.41) is 0.